The van der Waals surface area contributed by atoms with Crippen LogP contribution < -0.4 is 10.6 Å². The van der Waals surface area contributed by atoms with Crippen molar-refractivity contribution in [3.63, 3.8) is 0 Å². The highest BCUT2D eigenvalue weighted by atomic mass is 35.5. The summed E-state index contributed by atoms with van der Waals surface area (Å²) in [4.78, 5) is 20.4. The summed E-state index contributed by atoms with van der Waals surface area (Å²) >= 11 is 7.42. The molecule has 0 radical (unpaired) electrons. The maximum atomic E-state index is 12.3. The minimum Gasteiger partial charge on any atom is -0.332 e. The van der Waals surface area contributed by atoms with E-state index >= 15 is 0 Å². The molecule has 1 amide bonds. The quantitative estimate of drug-likeness (QED) is 0.704. The monoisotopic (exact) mass is 330 g/mol. The molecular formula is C15H11ClN4OS. The number of halogens is 1. The van der Waals surface area contributed by atoms with Crippen LogP contribution in [0.25, 0.3) is 0 Å². The third-order valence-corrected chi connectivity index (χ3v) is 3.81. The summed E-state index contributed by atoms with van der Waals surface area (Å²) in [6, 6.07) is 10.6. The van der Waals surface area contributed by atoms with Gasteiger partial charge >= 0.3 is 0 Å². The second-order valence-electron chi connectivity index (χ2n) is 4.34. The number of anilines is 3. The Bertz CT molecular complexity index is 792. The number of amides is 1. The number of rotatable bonds is 4. The molecule has 0 bridgehead atoms. The van der Waals surface area contributed by atoms with Crippen LogP contribution in [0.15, 0.2) is 54.2 Å². The predicted octanol–water partition coefficient (Wildman–Crippen LogP) is 4.19. The van der Waals surface area contributed by atoms with Gasteiger partial charge in [0.1, 0.15) is 0 Å². The largest absolute Gasteiger partial charge is 0.332 e. The Morgan fingerprint density at radius 2 is 2.05 bits per heavy atom. The summed E-state index contributed by atoms with van der Waals surface area (Å²) in [7, 11) is 0. The standard InChI is InChI=1S/C15H11ClN4OS/c16-13-12(5-2-6-17-13)20-14(21)10-3-1-4-11(9-10)19-15-18-7-8-22-15/h1-9H,(H,18,19)(H,20,21). The first-order chi connectivity index (χ1) is 10.7. The summed E-state index contributed by atoms with van der Waals surface area (Å²) in [6.45, 7) is 0. The van der Waals surface area contributed by atoms with Gasteiger partial charge in [-0.15, -0.1) is 11.3 Å². The molecule has 2 aromatic heterocycles. The summed E-state index contributed by atoms with van der Waals surface area (Å²) in [5.41, 5.74) is 1.79. The highest BCUT2D eigenvalue weighted by molar-refractivity contribution is 7.13. The van der Waals surface area contributed by atoms with E-state index in [2.05, 4.69) is 20.6 Å². The number of nitrogens with one attached hydrogen (secondary N) is 2. The maximum absolute atomic E-state index is 12.3. The van der Waals surface area contributed by atoms with Crippen LogP contribution in [-0.4, -0.2) is 15.9 Å². The average Bonchev–Trinajstić information content (AvgIpc) is 3.03. The molecule has 0 aliphatic heterocycles. The minimum atomic E-state index is -0.252. The Labute approximate surface area is 136 Å². The first-order valence-electron chi connectivity index (χ1n) is 6.41. The number of pyridine rings is 1. The Hall–Kier alpha value is -2.44. The molecule has 2 heterocycles. The van der Waals surface area contributed by atoms with Crippen LogP contribution in [0.3, 0.4) is 0 Å². The van der Waals surface area contributed by atoms with Crippen molar-refractivity contribution >= 4 is 45.4 Å². The third-order valence-electron chi connectivity index (χ3n) is 2.82. The number of carbonyl (C=O) groups is 1. The van der Waals surface area contributed by atoms with Crippen LogP contribution in [0, 0.1) is 0 Å². The molecule has 3 aromatic rings. The van der Waals surface area contributed by atoms with Gasteiger partial charge in [-0.05, 0) is 30.3 Å². The van der Waals surface area contributed by atoms with Crippen molar-refractivity contribution in [1.82, 2.24) is 9.97 Å². The van der Waals surface area contributed by atoms with E-state index in [1.54, 1.807) is 42.7 Å². The van der Waals surface area contributed by atoms with Gasteiger partial charge in [0.15, 0.2) is 10.3 Å². The van der Waals surface area contributed by atoms with E-state index in [-0.39, 0.29) is 11.1 Å². The number of hydrogen-bond acceptors (Lipinski definition) is 5. The maximum Gasteiger partial charge on any atom is 0.255 e. The van der Waals surface area contributed by atoms with Gasteiger partial charge in [0.05, 0.1) is 5.69 Å². The van der Waals surface area contributed by atoms with E-state index in [4.69, 9.17) is 11.6 Å². The van der Waals surface area contributed by atoms with Crippen molar-refractivity contribution in [2.45, 2.75) is 0 Å². The molecule has 0 atom stereocenters. The van der Waals surface area contributed by atoms with Gasteiger partial charge in [-0.3, -0.25) is 4.79 Å². The molecular weight excluding hydrogens is 320 g/mol. The summed E-state index contributed by atoms with van der Waals surface area (Å²) < 4.78 is 0. The zero-order chi connectivity index (χ0) is 15.4. The van der Waals surface area contributed by atoms with Gasteiger partial charge in [-0.25, -0.2) is 9.97 Å². The first kappa shape index (κ1) is 14.5. The van der Waals surface area contributed by atoms with E-state index < -0.39 is 0 Å². The fraction of sp³-hybridized carbons (Fsp3) is 0. The minimum absolute atomic E-state index is 0.252. The Morgan fingerprint density at radius 3 is 2.82 bits per heavy atom. The molecule has 0 spiro atoms. The smallest absolute Gasteiger partial charge is 0.255 e. The molecule has 0 aliphatic carbocycles. The van der Waals surface area contributed by atoms with Gasteiger partial charge in [0, 0.05) is 29.0 Å². The lowest BCUT2D eigenvalue weighted by atomic mass is 10.2. The molecule has 0 saturated carbocycles. The normalized spacial score (nSPS) is 10.2. The number of nitrogens with zero attached hydrogens (tertiary/aromatic N) is 2. The van der Waals surface area contributed by atoms with E-state index in [0.717, 1.165) is 10.8 Å². The third kappa shape index (κ3) is 3.41. The topological polar surface area (TPSA) is 66.9 Å². The predicted molar refractivity (Wildman–Crippen MR) is 89.0 cm³/mol. The Kier molecular flexibility index (Phi) is 4.32. The highest BCUT2D eigenvalue weighted by Gasteiger charge is 2.09. The molecule has 1 aromatic carbocycles. The van der Waals surface area contributed by atoms with Crippen LogP contribution >= 0.6 is 22.9 Å². The highest BCUT2D eigenvalue weighted by Crippen LogP contribution is 2.21. The van der Waals surface area contributed by atoms with Crippen LogP contribution in [0.1, 0.15) is 10.4 Å². The second kappa shape index (κ2) is 6.55. The van der Waals surface area contributed by atoms with Crippen molar-refractivity contribution in [2.24, 2.45) is 0 Å². The van der Waals surface area contributed by atoms with Crippen molar-refractivity contribution < 1.29 is 4.79 Å². The molecule has 0 unspecified atom stereocenters. The number of hydrogen-bond donors (Lipinski definition) is 2. The van der Waals surface area contributed by atoms with Gasteiger partial charge in [-0.2, -0.15) is 0 Å². The second-order valence-corrected chi connectivity index (χ2v) is 5.59. The SMILES string of the molecule is O=C(Nc1cccnc1Cl)c1cccc(Nc2nccs2)c1. The fourth-order valence-corrected chi connectivity index (χ4v) is 2.54. The summed E-state index contributed by atoms with van der Waals surface area (Å²) in [5.74, 6) is -0.252. The molecule has 5 nitrogen and oxygen atoms in total. The fourth-order valence-electron chi connectivity index (χ4n) is 1.82. The van der Waals surface area contributed by atoms with Crippen LogP contribution in [0.2, 0.25) is 5.15 Å². The van der Waals surface area contributed by atoms with E-state index in [1.165, 1.54) is 11.3 Å². The van der Waals surface area contributed by atoms with E-state index in [9.17, 15) is 4.79 Å². The van der Waals surface area contributed by atoms with Crippen molar-refractivity contribution in [2.75, 3.05) is 10.6 Å². The average molecular weight is 331 g/mol. The number of aromatic nitrogens is 2. The van der Waals surface area contributed by atoms with Crippen molar-refractivity contribution in [3.05, 3.63) is 64.9 Å². The molecule has 0 saturated heterocycles. The van der Waals surface area contributed by atoms with Gasteiger partial charge in [0.2, 0.25) is 0 Å². The van der Waals surface area contributed by atoms with E-state index in [0.29, 0.717) is 11.3 Å². The number of carbonyl (C=O) groups excluding carboxylic acids is 1. The zero-order valence-corrected chi connectivity index (χ0v) is 12.9. The van der Waals surface area contributed by atoms with Crippen LogP contribution in [0.4, 0.5) is 16.5 Å². The van der Waals surface area contributed by atoms with Crippen molar-refractivity contribution in [1.29, 1.82) is 0 Å². The van der Waals surface area contributed by atoms with Gasteiger partial charge < -0.3 is 10.6 Å². The lowest BCUT2D eigenvalue weighted by Gasteiger charge is -2.08. The molecule has 2 N–H and O–H groups in total. The first-order valence-corrected chi connectivity index (χ1v) is 7.66. The molecule has 0 aliphatic rings. The molecule has 7 heteroatoms. The van der Waals surface area contributed by atoms with Gasteiger partial charge in [0.25, 0.3) is 5.91 Å². The Morgan fingerprint density at radius 1 is 1.14 bits per heavy atom. The molecule has 110 valence electrons. The lowest BCUT2D eigenvalue weighted by Crippen LogP contribution is -2.12. The van der Waals surface area contributed by atoms with E-state index in [1.807, 2.05) is 11.4 Å². The van der Waals surface area contributed by atoms with Crippen LogP contribution in [0.5, 0.6) is 0 Å². The molecule has 22 heavy (non-hydrogen) atoms. The lowest BCUT2D eigenvalue weighted by molar-refractivity contribution is 0.102. The van der Waals surface area contributed by atoms with Gasteiger partial charge in [-0.1, -0.05) is 17.7 Å². The zero-order valence-electron chi connectivity index (χ0n) is 11.3. The molecule has 3 rings (SSSR count). The number of thiazole rings is 1. The Balaban J connectivity index is 1.77. The summed E-state index contributed by atoms with van der Waals surface area (Å²) in [5, 5.41) is 8.79. The summed E-state index contributed by atoms with van der Waals surface area (Å²) in [6.07, 6.45) is 3.28. The van der Waals surface area contributed by atoms with Crippen molar-refractivity contribution in [3.8, 4) is 0 Å². The molecule has 0 fully saturated rings. The number of benzene rings is 1. The van der Waals surface area contributed by atoms with Crippen LogP contribution in [-0.2, 0) is 0 Å².